The minimum absolute atomic E-state index is 0.0143. The van der Waals surface area contributed by atoms with Crippen LogP contribution in [0.2, 0.25) is 0 Å². The summed E-state index contributed by atoms with van der Waals surface area (Å²) in [6.45, 7) is 1.13. The summed E-state index contributed by atoms with van der Waals surface area (Å²) in [7, 11) is 0. The van der Waals surface area contributed by atoms with Crippen LogP contribution >= 0.6 is 27.7 Å². The molecule has 0 saturated carbocycles. The summed E-state index contributed by atoms with van der Waals surface area (Å²) < 4.78 is 8.25. The molecule has 1 amide bonds. The molecule has 1 aliphatic rings. The molecule has 1 aromatic carbocycles. The van der Waals surface area contributed by atoms with Gasteiger partial charge >= 0.3 is 0 Å². The second-order valence-electron chi connectivity index (χ2n) is 6.66. The van der Waals surface area contributed by atoms with Crippen LogP contribution in [0, 0.1) is 0 Å². The first-order valence-corrected chi connectivity index (χ1v) is 11.0. The van der Waals surface area contributed by atoms with Crippen molar-refractivity contribution in [1.82, 2.24) is 14.5 Å². The molecule has 0 bridgehead atoms. The van der Waals surface area contributed by atoms with Crippen molar-refractivity contribution in [3.63, 3.8) is 0 Å². The van der Waals surface area contributed by atoms with E-state index in [1.54, 1.807) is 22.9 Å². The first kappa shape index (κ1) is 20.1. The summed E-state index contributed by atoms with van der Waals surface area (Å²) in [4.78, 5) is 34.1. The standard InChI is InChI=1S/C20H19BrN4O3S/c21-13-5-7-14(8-6-13)23-17(26)12-29-20-24-18-16(4-1-9-22-18)19(27)25(20)11-15-3-2-10-28-15/h1,4-9,15H,2-3,10-12H2,(H,23,26)/t15-/m1/s1. The van der Waals surface area contributed by atoms with Crippen LogP contribution in [-0.2, 0) is 16.1 Å². The summed E-state index contributed by atoms with van der Waals surface area (Å²) in [5.74, 6) is -0.0387. The number of nitrogens with zero attached hydrogens (tertiary/aromatic N) is 3. The summed E-state index contributed by atoms with van der Waals surface area (Å²) in [6, 6.07) is 10.8. The largest absolute Gasteiger partial charge is 0.376 e. The van der Waals surface area contributed by atoms with Crippen molar-refractivity contribution in [2.24, 2.45) is 0 Å². The van der Waals surface area contributed by atoms with Crippen LogP contribution in [0.15, 0.2) is 57.0 Å². The molecule has 7 nitrogen and oxygen atoms in total. The Hall–Kier alpha value is -2.23. The molecule has 0 unspecified atom stereocenters. The van der Waals surface area contributed by atoms with Crippen LogP contribution in [0.25, 0.3) is 11.0 Å². The number of pyridine rings is 1. The number of benzene rings is 1. The normalized spacial score (nSPS) is 16.2. The molecule has 0 spiro atoms. The van der Waals surface area contributed by atoms with Gasteiger partial charge in [-0.25, -0.2) is 9.97 Å². The minimum atomic E-state index is -0.170. The van der Waals surface area contributed by atoms with E-state index in [1.165, 1.54) is 11.8 Å². The van der Waals surface area contributed by atoms with E-state index in [-0.39, 0.29) is 23.3 Å². The van der Waals surface area contributed by atoms with Crippen molar-refractivity contribution in [2.75, 3.05) is 17.7 Å². The number of amides is 1. The van der Waals surface area contributed by atoms with Gasteiger partial charge in [-0.1, -0.05) is 27.7 Å². The highest BCUT2D eigenvalue weighted by atomic mass is 79.9. The fraction of sp³-hybridized carbons (Fsp3) is 0.300. The second kappa shape index (κ2) is 9.06. The molecule has 3 heterocycles. The van der Waals surface area contributed by atoms with Gasteiger partial charge in [0.2, 0.25) is 5.91 Å². The molecular formula is C20H19BrN4O3S. The average Bonchev–Trinajstić information content (AvgIpc) is 3.24. The lowest BCUT2D eigenvalue weighted by Gasteiger charge is -2.16. The summed E-state index contributed by atoms with van der Waals surface area (Å²) >= 11 is 4.59. The maximum Gasteiger partial charge on any atom is 0.263 e. The topological polar surface area (TPSA) is 86.1 Å². The Balaban J connectivity index is 1.55. The van der Waals surface area contributed by atoms with Crippen LogP contribution in [0.3, 0.4) is 0 Å². The highest BCUT2D eigenvalue weighted by molar-refractivity contribution is 9.10. The molecule has 150 valence electrons. The number of anilines is 1. The van der Waals surface area contributed by atoms with E-state index in [0.717, 1.165) is 17.3 Å². The van der Waals surface area contributed by atoms with Gasteiger partial charge in [0.1, 0.15) is 0 Å². The Morgan fingerprint density at radius 1 is 1.31 bits per heavy atom. The van der Waals surface area contributed by atoms with Gasteiger partial charge < -0.3 is 10.1 Å². The number of thioether (sulfide) groups is 1. The SMILES string of the molecule is O=C(CSc1nc2ncccc2c(=O)n1C[C@H]1CCCO1)Nc1ccc(Br)cc1. The van der Waals surface area contributed by atoms with E-state index < -0.39 is 0 Å². The van der Waals surface area contributed by atoms with E-state index >= 15 is 0 Å². The van der Waals surface area contributed by atoms with Gasteiger partial charge in [-0.2, -0.15) is 0 Å². The Morgan fingerprint density at radius 2 is 2.14 bits per heavy atom. The van der Waals surface area contributed by atoms with Gasteiger partial charge in [-0.05, 0) is 49.2 Å². The number of aromatic nitrogens is 3. The van der Waals surface area contributed by atoms with E-state index in [9.17, 15) is 9.59 Å². The van der Waals surface area contributed by atoms with Crippen molar-refractivity contribution in [1.29, 1.82) is 0 Å². The number of carbonyl (C=O) groups is 1. The Bertz CT molecular complexity index is 1080. The maximum atomic E-state index is 13.0. The lowest BCUT2D eigenvalue weighted by atomic mass is 10.2. The van der Waals surface area contributed by atoms with Crippen molar-refractivity contribution in [3.8, 4) is 0 Å². The van der Waals surface area contributed by atoms with E-state index in [1.807, 2.05) is 24.3 Å². The number of hydrogen-bond donors (Lipinski definition) is 1. The van der Waals surface area contributed by atoms with Crippen molar-refractivity contribution >= 4 is 50.3 Å². The number of fused-ring (bicyclic) bond motifs is 1. The Kier molecular flexibility index (Phi) is 6.27. The zero-order chi connectivity index (χ0) is 20.2. The molecule has 0 aliphatic carbocycles. The fourth-order valence-electron chi connectivity index (χ4n) is 3.16. The smallest absolute Gasteiger partial charge is 0.263 e. The number of ether oxygens (including phenoxy) is 1. The molecule has 1 aliphatic heterocycles. The van der Waals surface area contributed by atoms with Crippen molar-refractivity contribution < 1.29 is 9.53 Å². The van der Waals surface area contributed by atoms with Crippen LogP contribution in [0.1, 0.15) is 12.8 Å². The molecule has 1 atom stereocenters. The van der Waals surface area contributed by atoms with E-state index in [4.69, 9.17) is 4.74 Å². The third kappa shape index (κ3) is 4.85. The van der Waals surface area contributed by atoms with Gasteiger partial charge in [-0.15, -0.1) is 0 Å². The number of nitrogens with one attached hydrogen (secondary N) is 1. The predicted molar refractivity (Wildman–Crippen MR) is 116 cm³/mol. The van der Waals surface area contributed by atoms with Gasteiger partial charge in [0, 0.05) is 23.0 Å². The summed E-state index contributed by atoms with van der Waals surface area (Å²) in [6.07, 6.45) is 3.49. The summed E-state index contributed by atoms with van der Waals surface area (Å²) in [5.41, 5.74) is 0.940. The molecule has 4 rings (SSSR count). The van der Waals surface area contributed by atoms with Gasteiger partial charge in [-0.3, -0.25) is 14.2 Å². The molecule has 1 N–H and O–H groups in total. The number of rotatable bonds is 6. The molecular weight excluding hydrogens is 456 g/mol. The fourth-order valence-corrected chi connectivity index (χ4v) is 4.22. The van der Waals surface area contributed by atoms with Gasteiger partial charge in [0.05, 0.1) is 23.8 Å². The second-order valence-corrected chi connectivity index (χ2v) is 8.52. The highest BCUT2D eigenvalue weighted by Crippen LogP contribution is 2.21. The number of carbonyl (C=O) groups excluding carboxylic acids is 1. The molecule has 1 saturated heterocycles. The zero-order valence-corrected chi connectivity index (χ0v) is 17.9. The first-order valence-electron chi connectivity index (χ1n) is 9.25. The third-order valence-corrected chi connectivity index (χ3v) is 6.07. The number of hydrogen-bond acceptors (Lipinski definition) is 6. The minimum Gasteiger partial charge on any atom is -0.376 e. The third-order valence-electron chi connectivity index (χ3n) is 4.57. The first-order chi connectivity index (χ1) is 14.1. The molecule has 0 radical (unpaired) electrons. The predicted octanol–water partition coefficient (Wildman–Crippen LogP) is 3.46. The monoisotopic (exact) mass is 474 g/mol. The lowest BCUT2D eigenvalue weighted by molar-refractivity contribution is -0.113. The molecule has 3 aromatic rings. The van der Waals surface area contributed by atoms with Crippen LogP contribution in [-0.4, -0.2) is 38.9 Å². The van der Waals surface area contributed by atoms with Crippen molar-refractivity contribution in [3.05, 3.63) is 57.4 Å². The quantitative estimate of drug-likeness (QED) is 0.434. The molecule has 2 aromatic heterocycles. The Labute approximate surface area is 180 Å². The zero-order valence-electron chi connectivity index (χ0n) is 15.5. The molecule has 9 heteroatoms. The number of halogens is 1. The van der Waals surface area contributed by atoms with Gasteiger partial charge in [0.15, 0.2) is 10.8 Å². The highest BCUT2D eigenvalue weighted by Gasteiger charge is 2.21. The van der Waals surface area contributed by atoms with Crippen LogP contribution < -0.4 is 10.9 Å². The molecule has 29 heavy (non-hydrogen) atoms. The van der Waals surface area contributed by atoms with E-state index in [2.05, 4.69) is 31.2 Å². The van der Waals surface area contributed by atoms with Crippen LogP contribution in [0.5, 0.6) is 0 Å². The average molecular weight is 475 g/mol. The maximum absolute atomic E-state index is 13.0. The van der Waals surface area contributed by atoms with Crippen LogP contribution in [0.4, 0.5) is 5.69 Å². The summed E-state index contributed by atoms with van der Waals surface area (Å²) in [5, 5.41) is 3.79. The lowest BCUT2D eigenvalue weighted by Crippen LogP contribution is -2.29. The molecule has 1 fully saturated rings. The van der Waals surface area contributed by atoms with Crippen molar-refractivity contribution in [2.45, 2.75) is 30.6 Å². The Morgan fingerprint density at radius 3 is 2.90 bits per heavy atom. The van der Waals surface area contributed by atoms with E-state index in [0.29, 0.717) is 35.0 Å². The van der Waals surface area contributed by atoms with Gasteiger partial charge in [0.25, 0.3) is 5.56 Å².